The van der Waals surface area contributed by atoms with Gasteiger partial charge in [-0.3, -0.25) is 0 Å². The van der Waals surface area contributed by atoms with Crippen LogP contribution in [0, 0.1) is 13.8 Å². The number of rotatable bonds is 8. The Morgan fingerprint density at radius 2 is 1.81 bits per heavy atom. The second-order valence-electron chi connectivity index (χ2n) is 7.02. The van der Waals surface area contributed by atoms with Crippen LogP contribution in [0.3, 0.4) is 0 Å². The van der Waals surface area contributed by atoms with Gasteiger partial charge in [0.15, 0.2) is 19.7 Å². The normalized spacial score (nSPS) is 22.5. The maximum atomic E-state index is 13.3. The van der Waals surface area contributed by atoms with Crippen LogP contribution in [0.4, 0.5) is 0 Å². The summed E-state index contributed by atoms with van der Waals surface area (Å²) in [5.74, 6) is -0.227. The van der Waals surface area contributed by atoms with Gasteiger partial charge in [0.25, 0.3) is 0 Å². The van der Waals surface area contributed by atoms with E-state index in [0.717, 1.165) is 30.4 Å². The Morgan fingerprint density at radius 3 is 2.42 bits per heavy atom. The number of unbranched alkanes of at least 4 members (excludes halogenated alkanes) is 2. The van der Waals surface area contributed by atoms with E-state index in [4.69, 9.17) is 4.74 Å². The average Bonchev–Trinajstić information content (AvgIpc) is 2.89. The van der Waals surface area contributed by atoms with Crippen molar-refractivity contribution in [2.45, 2.75) is 56.2 Å². The van der Waals surface area contributed by atoms with Gasteiger partial charge in [0.05, 0.1) is 23.9 Å². The lowest BCUT2D eigenvalue weighted by Crippen LogP contribution is -2.43. The fourth-order valence-corrected chi connectivity index (χ4v) is 8.22. The number of ether oxygens (including phenoxy) is 1. The van der Waals surface area contributed by atoms with Gasteiger partial charge in [-0.25, -0.2) is 16.8 Å². The Hall–Kier alpha value is -1.12. The van der Waals surface area contributed by atoms with Crippen molar-refractivity contribution in [3.63, 3.8) is 0 Å². The summed E-state index contributed by atoms with van der Waals surface area (Å²) in [6.45, 7) is 6.41. The SMILES string of the molecule is CCCCCN[C@H]1CS(=O)(=O)C[C@@H]1S(=O)(=O)c1cc(C)c(C)cc1OC. The van der Waals surface area contributed by atoms with E-state index in [1.807, 2.05) is 13.8 Å². The van der Waals surface area contributed by atoms with Gasteiger partial charge in [-0.05, 0) is 50.1 Å². The molecule has 2 atom stereocenters. The highest BCUT2D eigenvalue weighted by Gasteiger charge is 2.46. The summed E-state index contributed by atoms with van der Waals surface area (Å²) in [5, 5.41) is 2.17. The van der Waals surface area contributed by atoms with E-state index in [-0.39, 0.29) is 22.2 Å². The molecular weight excluding hydrogens is 374 g/mol. The molecule has 0 aliphatic carbocycles. The number of hydrogen-bond acceptors (Lipinski definition) is 6. The molecule has 1 aromatic rings. The van der Waals surface area contributed by atoms with Crippen LogP contribution in [0.15, 0.2) is 17.0 Å². The van der Waals surface area contributed by atoms with Gasteiger partial charge in [-0.1, -0.05) is 19.8 Å². The number of sulfone groups is 2. The highest BCUT2D eigenvalue weighted by atomic mass is 32.2. The summed E-state index contributed by atoms with van der Waals surface area (Å²) >= 11 is 0. The molecule has 0 amide bonds. The number of nitrogens with one attached hydrogen (secondary N) is 1. The van der Waals surface area contributed by atoms with Crippen LogP contribution in [0.2, 0.25) is 0 Å². The molecule has 1 aliphatic rings. The van der Waals surface area contributed by atoms with Gasteiger partial charge in [0.1, 0.15) is 10.6 Å². The van der Waals surface area contributed by atoms with Crippen LogP contribution in [0.25, 0.3) is 0 Å². The van der Waals surface area contributed by atoms with Crippen molar-refractivity contribution in [2.24, 2.45) is 0 Å². The fourth-order valence-electron chi connectivity index (χ4n) is 3.28. The minimum Gasteiger partial charge on any atom is -0.495 e. The minimum absolute atomic E-state index is 0.0746. The molecule has 0 radical (unpaired) electrons. The van der Waals surface area contributed by atoms with E-state index in [1.165, 1.54) is 7.11 Å². The van der Waals surface area contributed by atoms with Crippen molar-refractivity contribution < 1.29 is 21.6 Å². The highest BCUT2D eigenvalue weighted by molar-refractivity contribution is 7.96. The number of hydrogen-bond donors (Lipinski definition) is 1. The van der Waals surface area contributed by atoms with Crippen LogP contribution in [-0.2, 0) is 19.7 Å². The molecule has 148 valence electrons. The summed E-state index contributed by atoms with van der Waals surface area (Å²) in [6.07, 6.45) is 2.97. The van der Waals surface area contributed by atoms with E-state index in [2.05, 4.69) is 12.2 Å². The number of aryl methyl sites for hydroxylation is 2. The molecule has 1 fully saturated rings. The third kappa shape index (κ3) is 4.58. The third-order valence-corrected chi connectivity index (χ3v) is 9.14. The lowest BCUT2D eigenvalue weighted by atomic mass is 10.1. The van der Waals surface area contributed by atoms with E-state index in [0.29, 0.717) is 6.54 Å². The average molecular weight is 404 g/mol. The second-order valence-corrected chi connectivity index (χ2v) is 11.3. The number of methoxy groups -OCH3 is 1. The maximum absolute atomic E-state index is 13.3. The molecule has 6 nitrogen and oxygen atoms in total. The van der Waals surface area contributed by atoms with Crippen LogP contribution in [0.5, 0.6) is 5.75 Å². The van der Waals surface area contributed by atoms with Gasteiger partial charge in [0, 0.05) is 6.04 Å². The largest absolute Gasteiger partial charge is 0.495 e. The third-order valence-electron chi connectivity index (χ3n) is 4.97. The van der Waals surface area contributed by atoms with Crippen molar-refractivity contribution >= 4 is 19.7 Å². The van der Waals surface area contributed by atoms with E-state index in [1.54, 1.807) is 12.1 Å². The van der Waals surface area contributed by atoms with Crippen LogP contribution >= 0.6 is 0 Å². The maximum Gasteiger partial charge on any atom is 0.187 e. The standard InChI is InChI=1S/C18H29NO5S2/c1-5-6-7-8-19-15-11-25(20,21)12-18(15)26(22,23)17-10-14(3)13(2)9-16(17)24-4/h9-10,15,18-19H,5-8,11-12H2,1-4H3/t15-,18-/m0/s1. The molecule has 1 heterocycles. The summed E-state index contributed by atoms with van der Waals surface area (Å²) in [4.78, 5) is 0.0746. The summed E-state index contributed by atoms with van der Waals surface area (Å²) in [6, 6.07) is 2.69. The van der Waals surface area contributed by atoms with Crippen molar-refractivity contribution in [1.82, 2.24) is 5.32 Å². The molecular formula is C18H29NO5S2. The first-order valence-electron chi connectivity index (χ1n) is 8.95. The Bertz CT molecular complexity index is 847. The first-order chi connectivity index (χ1) is 12.1. The summed E-state index contributed by atoms with van der Waals surface area (Å²) in [5.41, 5.74) is 1.76. The van der Waals surface area contributed by atoms with Crippen LogP contribution in [0.1, 0.15) is 37.3 Å². The van der Waals surface area contributed by atoms with Gasteiger partial charge >= 0.3 is 0 Å². The Morgan fingerprint density at radius 1 is 1.15 bits per heavy atom. The van der Waals surface area contributed by atoms with E-state index in [9.17, 15) is 16.8 Å². The molecule has 8 heteroatoms. The summed E-state index contributed by atoms with van der Waals surface area (Å²) in [7, 11) is -5.82. The lowest BCUT2D eigenvalue weighted by Gasteiger charge is -2.21. The van der Waals surface area contributed by atoms with Gasteiger partial charge in [-0.15, -0.1) is 0 Å². The topological polar surface area (TPSA) is 89.5 Å². The molecule has 1 aliphatic heterocycles. The quantitative estimate of drug-likeness (QED) is 0.668. The smallest absolute Gasteiger partial charge is 0.187 e. The molecule has 0 aromatic heterocycles. The molecule has 0 unspecified atom stereocenters. The minimum atomic E-state index is -3.85. The van der Waals surface area contributed by atoms with Gasteiger partial charge in [0.2, 0.25) is 0 Å². The first-order valence-corrected chi connectivity index (χ1v) is 12.3. The lowest BCUT2D eigenvalue weighted by molar-refractivity contribution is 0.401. The zero-order valence-electron chi connectivity index (χ0n) is 15.9. The zero-order valence-corrected chi connectivity index (χ0v) is 17.5. The Labute approximate surface area is 157 Å². The predicted molar refractivity (Wildman–Crippen MR) is 103 cm³/mol. The second kappa shape index (κ2) is 8.27. The Kier molecular flexibility index (Phi) is 6.74. The van der Waals surface area contributed by atoms with E-state index >= 15 is 0 Å². The van der Waals surface area contributed by atoms with Gasteiger partial charge < -0.3 is 10.1 Å². The molecule has 0 spiro atoms. The highest BCUT2D eigenvalue weighted by Crippen LogP contribution is 2.33. The molecule has 0 bridgehead atoms. The molecule has 0 saturated carbocycles. The van der Waals surface area contributed by atoms with Gasteiger partial charge in [-0.2, -0.15) is 0 Å². The molecule has 2 rings (SSSR count). The zero-order chi connectivity index (χ0) is 19.5. The summed E-state index contributed by atoms with van der Waals surface area (Å²) < 4.78 is 56.2. The Balaban J connectivity index is 2.37. The van der Waals surface area contributed by atoms with Crippen molar-refractivity contribution in [3.8, 4) is 5.75 Å². The predicted octanol–water partition coefficient (Wildman–Crippen LogP) is 2.03. The van der Waals surface area contributed by atoms with Crippen LogP contribution < -0.4 is 10.1 Å². The molecule has 26 heavy (non-hydrogen) atoms. The molecule has 1 aromatic carbocycles. The van der Waals surface area contributed by atoms with Crippen molar-refractivity contribution in [1.29, 1.82) is 0 Å². The monoisotopic (exact) mass is 403 g/mol. The van der Waals surface area contributed by atoms with E-state index < -0.39 is 31.0 Å². The fraction of sp³-hybridized carbons (Fsp3) is 0.667. The van der Waals surface area contributed by atoms with Crippen molar-refractivity contribution in [3.05, 3.63) is 23.3 Å². The first kappa shape index (κ1) is 21.2. The molecule has 1 N–H and O–H groups in total. The number of benzene rings is 1. The van der Waals surface area contributed by atoms with Crippen LogP contribution in [-0.4, -0.2) is 53.3 Å². The molecule has 1 saturated heterocycles. The van der Waals surface area contributed by atoms with Crippen molar-refractivity contribution in [2.75, 3.05) is 25.2 Å².